The molecule has 0 heterocycles. The van der Waals surface area contributed by atoms with Crippen molar-refractivity contribution in [1.29, 1.82) is 0 Å². The summed E-state index contributed by atoms with van der Waals surface area (Å²) >= 11 is 0.120. The Morgan fingerprint density at radius 1 is 1.00 bits per heavy atom. The van der Waals surface area contributed by atoms with Crippen molar-refractivity contribution in [2.75, 3.05) is 0 Å². The fourth-order valence-corrected chi connectivity index (χ4v) is 3.22. The van der Waals surface area contributed by atoms with Crippen molar-refractivity contribution in [3.8, 4) is 0 Å². The van der Waals surface area contributed by atoms with Crippen molar-refractivity contribution in [1.82, 2.24) is 0 Å². The van der Waals surface area contributed by atoms with Crippen molar-refractivity contribution in [2.24, 2.45) is 0 Å². The molecule has 1 aromatic carbocycles. The molecule has 114 valence electrons. The molecule has 0 radical (unpaired) electrons. The van der Waals surface area contributed by atoms with Crippen LogP contribution in [0, 0.1) is 3.57 Å². The van der Waals surface area contributed by atoms with E-state index in [1.54, 1.807) is 0 Å². The van der Waals surface area contributed by atoms with E-state index in [1.165, 1.54) is 35.7 Å². The molecule has 0 atom stereocenters. The Morgan fingerprint density at radius 3 is 2.15 bits per heavy atom. The molecule has 0 nitrogen and oxygen atoms in total. The van der Waals surface area contributed by atoms with Crippen molar-refractivity contribution >= 4 is 7.25 Å². The zero-order valence-electron chi connectivity index (χ0n) is 11.5. The molecule has 1 rings (SSSR count). The average molecular weight is 402 g/mol. The maximum atomic E-state index is 9.75. The van der Waals surface area contributed by atoms with Gasteiger partial charge in [-0.1, -0.05) is 44.4 Å². The quantitative estimate of drug-likeness (QED) is 0.285. The van der Waals surface area contributed by atoms with Crippen LogP contribution in [0.15, 0.2) is 40.5 Å². The van der Waals surface area contributed by atoms with Crippen LogP contribution >= 0.6 is 0 Å². The third-order valence-electron chi connectivity index (χ3n) is 2.24. The molecule has 0 N–H and O–H groups in total. The number of rotatable bonds is 7. The van der Waals surface area contributed by atoms with Gasteiger partial charge >= 0.3 is 28.5 Å². The lowest BCUT2D eigenvalue weighted by Gasteiger charge is -1.94. The molecule has 0 aliphatic rings. The largest absolute Gasteiger partial charge is 0.673 e. The summed E-state index contributed by atoms with van der Waals surface area (Å²) in [4.78, 5) is 0. The molecular formula is C14H20BF4I. The molecule has 0 aromatic heterocycles. The van der Waals surface area contributed by atoms with Crippen LogP contribution in [0.4, 0.5) is 17.3 Å². The zero-order valence-corrected chi connectivity index (χ0v) is 13.7. The summed E-state index contributed by atoms with van der Waals surface area (Å²) < 4.78 is 42.9. The molecule has 20 heavy (non-hydrogen) atoms. The molecule has 0 unspecified atom stereocenters. The van der Waals surface area contributed by atoms with E-state index < -0.39 is 7.25 Å². The summed E-state index contributed by atoms with van der Waals surface area (Å²) in [6.45, 7) is 2.26. The van der Waals surface area contributed by atoms with Crippen LogP contribution in [-0.2, 0) is 0 Å². The molecule has 0 fully saturated rings. The molecule has 0 amide bonds. The van der Waals surface area contributed by atoms with Crippen LogP contribution in [0.2, 0.25) is 0 Å². The molecule has 0 saturated carbocycles. The van der Waals surface area contributed by atoms with E-state index >= 15 is 0 Å². The van der Waals surface area contributed by atoms with Gasteiger partial charge in [0.05, 0.1) is 0 Å². The topological polar surface area (TPSA) is 0 Å². The fourth-order valence-electron chi connectivity index (χ4n) is 1.36. The molecule has 6 heteroatoms. The summed E-state index contributed by atoms with van der Waals surface area (Å²) in [6, 6.07) is 10.8. The van der Waals surface area contributed by atoms with E-state index in [9.17, 15) is 17.3 Å². The number of allylic oxidation sites excluding steroid dienone is 1. The minimum absolute atomic E-state index is 0.120. The number of hydrogen-bond acceptors (Lipinski definition) is 0. The second kappa shape index (κ2) is 12.2. The number of unbranched alkanes of at least 4 members (excludes halogenated alkanes) is 4. The highest BCUT2D eigenvalue weighted by molar-refractivity contribution is 6.50. The summed E-state index contributed by atoms with van der Waals surface area (Å²) in [5.74, 6) is 0. The Balaban J connectivity index is 0.000000621. The van der Waals surface area contributed by atoms with Crippen molar-refractivity contribution in [2.45, 2.75) is 39.0 Å². The first-order valence-corrected chi connectivity index (χ1v) is 8.96. The third kappa shape index (κ3) is 17.5. The Morgan fingerprint density at radius 2 is 1.60 bits per heavy atom. The van der Waals surface area contributed by atoms with Crippen LogP contribution < -0.4 is 21.2 Å². The molecule has 1 aromatic rings. The zero-order chi connectivity index (χ0) is 15.3. The Hall–Kier alpha value is -0.525. The summed E-state index contributed by atoms with van der Waals surface area (Å²) in [5, 5.41) is 0. The summed E-state index contributed by atoms with van der Waals surface area (Å²) in [5.41, 5.74) is 0. The van der Waals surface area contributed by atoms with Crippen molar-refractivity contribution in [3.05, 3.63) is 44.1 Å². The highest BCUT2D eigenvalue weighted by Crippen LogP contribution is 2.06. The van der Waals surface area contributed by atoms with Crippen LogP contribution in [0.3, 0.4) is 0 Å². The third-order valence-corrected chi connectivity index (χ3v) is 4.54. The SMILES string of the molecule is CCCCCCC=C[I+]c1ccccc1.F[B-](F)(F)F. The lowest BCUT2D eigenvalue weighted by Crippen LogP contribution is -3.59. The molecule has 0 bridgehead atoms. The van der Waals surface area contributed by atoms with Gasteiger partial charge in [-0.15, -0.1) is 0 Å². The van der Waals surface area contributed by atoms with Gasteiger partial charge in [0.25, 0.3) is 0 Å². The van der Waals surface area contributed by atoms with Gasteiger partial charge in [0.1, 0.15) is 0 Å². The number of benzene rings is 1. The molecule has 0 spiro atoms. The van der Waals surface area contributed by atoms with Crippen LogP contribution in [0.5, 0.6) is 0 Å². The van der Waals surface area contributed by atoms with Crippen molar-refractivity contribution in [3.63, 3.8) is 0 Å². The molecule has 0 aliphatic heterocycles. The van der Waals surface area contributed by atoms with Gasteiger partial charge in [0, 0.05) is 0 Å². The standard InChI is InChI=1S/C14H20I.BF4/c1-2-3-4-5-6-10-13-15-14-11-8-7-9-12-14;2-1(3,4)5/h7-13H,2-6H2,1H3;/q+1;-1. The van der Waals surface area contributed by atoms with Crippen LogP contribution in [-0.4, -0.2) is 7.25 Å². The summed E-state index contributed by atoms with van der Waals surface area (Å²) in [7, 11) is -6.00. The first-order valence-electron chi connectivity index (χ1n) is 6.64. The van der Waals surface area contributed by atoms with Gasteiger partial charge < -0.3 is 17.3 Å². The smallest absolute Gasteiger partial charge is 0.418 e. The van der Waals surface area contributed by atoms with E-state index in [-0.39, 0.29) is 21.2 Å². The lowest BCUT2D eigenvalue weighted by molar-refractivity contribution is -0.557. The average Bonchev–Trinajstić information content (AvgIpc) is 2.37. The maximum absolute atomic E-state index is 9.75. The van der Waals surface area contributed by atoms with E-state index in [0.717, 1.165) is 0 Å². The molecular weight excluding hydrogens is 382 g/mol. The number of hydrogen-bond donors (Lipinski definition) is 0. The lowest BCUT2D eigenvalue weighted by atomic mass is 10.2. The molecule has 0 aliphatic carbocycles. The monoisotopic (exact) mass is 402 g/mol. The number of halogens is 5. The van der Waals surface area contributed by atoms with Gasteiger partial charge in [0.2, 0.25) is 0 Å². The highest BCUT2D eigenvalue weighted by Gasteiger charge is 2.20. The summed E-state index contributed by atoms with van der Waals surface area (Å²) in [6.07, 6.45) is 9.12. The van der Waals surface area contributed by atoms with E-state index in [0.29, 0.717) is 0 Å². The van der Waals surface area contributed by atoms with E-state index in [4.69, 9.17) is 0 Å². The highest BCUT2D eigenvalue weighted by atomic mass is 127. The second-order valence-electron chi connectivity index (χ2n) is 4.11. The van der Waals surface area contributed by atoms with Crippen molar-refractivity contribution < 1.29 is 38.5 Å². The Bertz CT molecular complexity index is 346. The van der Waals surface area contributed by atoms with Gasteiger partial charge in [-0.2, -0.15) is 0 Å². The van der Waals surface area contributed by atoms with Gasteiger partial charge in [-0.25, -0.2) is 0 Å². The fraction of sp³-hybridized carbons (Fsp3) is 0.429. The first kappa shape index (κ1) is 19.5. The molecule has 0 saturated heterocycles. The van der Waals surface area contributed by atoms with Gasteiger partial charge in [-0.3, -0.25) is 0 Å². The predicted octanol–water partition coefficient (Wildman–Crippen LogP) is 2.73. The van der Waals surface area contributed by atoms with E-state index in [2.05, 4.69) is 47.4 Å². The Labute approximate surface area is 129 Å². The maximum Gasteiger partial charge on any atom is 0.673 e. The second-order valence-corrected chi connectivity index (χ2v) is 6.70. The first-order chi connectivity index (χ1) is 9.43. The predicted molar refractivity (Wildman–Crippen MR) is 73.2 cm³/mol. The van der Waals surface area contributed by atoms with Gasteiger partial charge in [0.15, 0.2) is 7.65 Å². The normalized spacial score (nSPS) is 11.2. The Kier molecular flexibility index (Phi) is 11.9. The minimum Gasteiger partial charge on any atom is -0.418 e. The van der Waals surface area contributed by atoms with Crippen LogP contribution in [0.1, 0.15) is 39.0 Å². The van der Waals surface area contributed by atoms with E-state index in [1.807, 2.05) is 0 Å². The van der Waals surface area contributed by atoms with Gasteiger partial charge in [-0.05, 0) is 31.1 Å². The minimum atomic E-state index is -6.00. The van der Waals surface area contributed by atoms with Crippen LogP contribution in [0.25, 0.3) is 0 Å².